The van der Waals surface area contributed by atoms with Crippen molar-refractivity contribution in [1.82, 2.24) is 0 Å². The Hall–Kier alpha value is -1.48. The van der Waals surface area contributed by atoms with Crippen LogP contribution >= 0.6 is 11.6 Å². The third-order valence-electron chi connectivity index (χ3n) is 2.13. The highest BCUT2D eigenvalue weighted by atomic mass is 35.5. The molecule has 0 aliphatic heterocycles. The number of rotatable bonds is 9. The SMILES string of the molecule is C=C/C(=C\C=C\OCCCl)C(=C)CCC(=O)OC. The molecule has 3 nitrogen and oxygen atoms in total. The number of ether oxygens (including phenoxy) is 2. The summed E-state index contributed by atoms with van der Waals surface area (Å²) >= 11 is 5.46. The van der Waals surface area contributed by atoms with Crippen molar-refractivity contribution in [3.05, 3.63) is 48.8 Å². The van der Waals surface area contributed by atoms with E-state index < -0.39 is 0 Å². The van der Waals surface area contributed by atoms with Crippen molar-refractivity contribution in [2.45, 2.75) is 12.8 Å². The maximum Gasteiger partial charge on any atom is 0.305 e. The predicted octanol–water partition coefficient (Wildman–Crippen LogP) is 3.38. The Morgan fingerprint density at radius 3 is 2.67 bits per heavy atom. The summed E-state index contributed by atoms with van der Waals surface area (Å²) in [6.07, 6.45) is 7.66. The topological polar surface area (TPSA) is 35.5 Å². The molecule has 0 aromatic carbocycles. The number of halogens is 1. The highest BCUT2D eigenvalue weighted by Gasteiger charge is 2.03. The normalized spacial score (nSPS) is 11.3. The van der Waals surface area contributed by atoms with E-state index in [0.29, 0.717) is 25.3 Å². The first kappa shape index (κ1) is 16.5. The predicted molar refractivity (Wildman–Crippen MR) is 74.5 cm³/mol. The molecule has 0 bridgehead atoms. The van der Waals surface area contributed by atoms with E-state index >= 15 is 0 Å². The van der Waals surface area contributed by atoms with Crippen LogP contribution in [-0.2, 0) is 14.3 Å². The second-order valence-electron chi connectivity index (χ2n) is 3.39. The molecule has 0 saturated carbocycles. The Kier molecular flexibility index (Phi) is 9.78. The van der Waals surface area contributed by atoms with Crippen LogP contribution in [0.3, 0.4) is 0 Å². The molecule has 0 heterocycles. The minimum Gasteiger partial charge on any atom is -0.500 e. The van der Waals surface area contributed by atoms with E-state index in [4.69, 9.17) is 16.3 Å². The van der Waals surface area contributed by atoms with Crippen LogP contribution in [0.4, 0.5) is 0 Å². The van der Waals surface area contributed by atoms with Crippen LogP contribution in [0.1, 0.15) is 12.8 Å². The second kappa shape index (κ2) is 10.7. The van der Waals surface area contributed by atoms with Gasteiger partial charge in [0, 0.05) is 6.42 Å². The van der Waals surface area contributed by atoms with Crippen molar-refractivity contribution < 1.29 is 14.3 Å². The molecule has 0 saturated heterocycles. The molecule has 0 aliphatic rings. The van der Waals surface area contributed by atoms with E-state index in [2.05, 4.69) is 17.9 Å². The average molecular weight is 271 g/mol. The van der Waals surface area contributed by atoms with Gasteiger partial charge in [0.15, 0.2) is 0 Å². The van der Waals surface area contributed by atoms with Gasteiger partial charge in [0.05, 0.1) is 19.3 Å². The van der Waals surface area contributed by atoms with E-state index in [-0.39, 0.29) is 5.97 Å². The fourth-order valence-electron chi connectivity index (χ4n) is 1.14. The van der Waals surface area contributed by atoms with Gasteiger partial charge in [0.2, 0.25) is 0 Å². The Labute approximate surface area is 113 Å². The van der Waals surface area contributed by atoms with Gasteiger partial charge >= 0.3 is 5.97 Å². The third kappa shape index (κ3) is 7.74. The van der Waals surface area contributed by atoms with Crippen LogP contribution in [0.25, 0.3) is 0 Å². The van der Waals surface area contributed by atoms with E-state index in [1.165, 1.54) is 7.11 Å². The Balaban J connectivity index is 4.25. The highest BCUT2D eigenvalue weighted by Crippen LogP contribution is 2.15. The van der Waals surface area contributed by atoms with Crippen LogP contribution in [0.5, 0.6) is 0 Å². The van der Waals surface area contributed by atoms with Gasteiger partial charge in [-0.2, -0.15) is 0 Å². The first-order chi connectivity index (χ1) is 8.65. The molecule has 0 radical (unpaired) electrons. The zero-order valence-corrected chi connectivity index (χ0v) is 11.4. The lowest BCUT2D eigenvalue weighted by molar-refractivity contribution is -0.140. The molecule has 0 N–H and O–H groups in total. The Morgan fingerprint density at radius 1 is 1.39 bits per heavy atom. The maximum absolute atomic E-state index is 11.0. The molecule has 0 fully saturated rings. The van der Waals surface area contributed by atoms with Crippen molar-refractivity contribution in [3.63, 3.8) is 0 Å². The maximum atomic E-state index is 11.0. The molecule has 18 heavy (non-hydrogen) atoms. The molecule has 0 aromatic heterocycles. The second-order valence-corrected chi connectivity index (χ2v) is 3.77. The molecule has 0 aromatic rings. The lowest BCUT2D eigenvalue weighted by Gasteiger charge is -2.05. The van der Waals surface area contributed by atoms with Crippen LogP contribution < -0.4 is 0 Å². The van der Waals surface area contributed by atoms with Gasteiger partial charge in [-0.05, 0) is 23.6 Å². The van der Waals surface area contributed by atoms with Crippen molar-refractivity contribution >= 4 is 17.6 Å². The zero-order chi connectivity index (χ0) is 13.8. The quantitative estimate of drug-likeness (QED) is 0.212. The van der Waals surface area contributed by atoms with E-state index in [1.807, 2.05) is 6.08 Å². The monoisotopic (exact) mass is 270 g/mol. The molecule has 0 spiro atoms. The number of carbonyl (C=O) groups excluding carboxylic acids is 1. The summed E-state index contributed by atoms with van der Waals surface area (Å²) in [7, 11) is 1.37. The van der Waals surface area contributed by atoms with Gasteiger partial charge in [-0.15, -0.1) is 11.6 Å². The number of hydrogen-bond donors (Lipinski definition) is 0. The highest BCUT2D eigenvalue weighted by molar-refractivity contribution is 6.17. The fraction of sp³-hybridized carbons (Fsp3) is 0.357. The van der Waals surface area contributed by atoms with Gasteiger partial charge < -0.3 is 9.47 Å². The number of alkyl halides is 1. The minimum absolute atomic E-state index is 0.249. The van der Waals surface area contributed by atoms with Crippen molar-refractivity contribution in [3.8, 4) is 0 Å². The molecule has 100 valence electrons. The van der Waals surface area contributed by atoms with E-state index in [9.17, 15) is 4.79 Å². The average Bonchev–Trinajstić information content (AvgIpc) is 2.39. The van der Waals surface area contributed by atoms with Gasteiger partial charge in [-0.1, -0.05) is 25.3 Å². The number of allylic oxidation sites excluding steroid dienone is 5. The van der Waals surface area contributed by atoms with E-state index in [0.717, 1.165) is 11.1 Å². The van der Waals surface area contributed by atoms with Crippen molar-refractivity contribution in [2.75, 3.05) is 19.6 Å². The third-order valence-corrected chi connectivity index (χ3v) is 2.29. The van der Waals surface area contributed by atoms with Crippen LogP contribution in [-0.4, -0.2) is 25.6 Å². The van der Waals surface area contributed by atoms with Gasteiger partial charge in [0.25, 0.3) is 0 Å². The van der Waals surface area contributed by atoms with Gasteiger partial charge in [0.1, 0.15) is 6.61 Å². The molecular formula is C14H19ClO3. The first-order valence-electron chi connectivity index (χ1n) is 5.57. The largest absolute Gasteiger partial charge is 0.500 e. The molecule has 0 amide bonds. The number of esters is 1. The standard InChI is InChI=1S/C14H19ClO3/c1-4-13(6-5-10-18-11-9-15)12(2)7-8-14(16)17-3/h4-6,10H,1-2,7-9,11H2,3H3/b10-5+,13-6+. The van der Waals surface area contributed by atoms with Crippen LogP contribution in [0.2, 0.25) is 0 Å². The van der Waals surface area contributed by atoms with Gasteiger partial charge in [-0.3, -0.25) is 4.79 Å². The lowest BCUT2D eigenvalue weighted by Crippen LogP contribution is -2.00. The summed E-state index contributed by atoms with van der Waals surface area (Å²) in [5, 5.41) is 0. The molecule has 0 rings (SSSR count). The van der Waals surface area contributed by atoms with Gasteiger partial charge in [-0.25, -0.2) is 0 Å². The number of methoxy groups -OCH3 is 1. The molecule has 0 unspecified atom stereocenters. The first-order valence-corrected chi connectivity index (χ1v) is 6.11. The Morgan fingerprint density at radius 2 is 2.11 bits per heavy atom. The summed E-state index contributed by atoms with van der Waals surface area (Å²) in [5.41, 5.74) is 1.70. The summed E-state index contributed by atoms with van der Waals surface area (Å²) < 4.78 is 9.65. The smallest absolute Gasteiger partial charge is 0.305 e. The molecular weight excluding hydrogens is 252 g/mol. The zero-order valence-electron chi connectivity index (χ0n) is 10.7. The number of carbonyl (C=O) groups is 1. The fourth-order valence-corrected chi connectivity index (χ4v) is 1.23. The molecule has 4 heteroatoms. The molecule has 0 aliphatic carbocycles. The summed E-state index contributed by atoms with van der Waals surface area (Å²) in [6.45, 7) is 8.08. The Bertz CT molecular complexity index is 343. The lowest BCUT2D eigenvalue weighted by atomic mass is 10.0. The summed E-state index contributed by atoms with van der Waals surface area (Å²) in [6, 6.07) is 0. The summed E-state index contributed by atoms with van der Waals surface area (Å²) in [4.78, 5) is 11.0. The van der Waals surface area contributed by atoms with Crippen LogP contribution in [0.15, 0.2) is 48.8 Å². The summed E-state index contributed by atoms with van der Waals surface area (Å²) in [5.74, 6) is 0.203. The number of hydrogen-bond acceptors (Lipinski definition) is 3. The minimum atomic E-state index is -0.249. The van der Waals surface area contributed by atoms with E-state index in [1.54, 1.807) is 18.4 Å². The van der Waals surface area contributed by atoms with Crippen molar-refractivity contribution in [1.29, 1.82) is 0 Å². The van der Waals surface area contributed by atoms with Crippen LogP contribution in [0, 0.1) is 0 Å². The van der Waals surface area contributed by atoms with Crippen molar-refractivity contribution in [2.24, 2.45) is 0 Å². The molecule has 0 atom stereocenters.